The quantitative estimate of drug-likeness (QED) is 0.801. The molecule has 134 valence electrons. The standard InChI is InChI=1S/C17H26N2O3S2/c1-13(17(20)18-15-8-4-5-9-15)23-12-14-7-6-10-16(11-14)24(21,22)19(2)3/h6-7,10-11,13,15H,4-5,8-9,12H2,1-3H3,(H,18,20)/t13-/m0/s1. The minimum atomic E-state index is -3.43. The fourth-order valence-corrected chi connectivity index (χ4v) is 4.51. The Morgan fingerprint density at radius 1 is 1.33 bits per heavy atom. The molecule has 0 aromatic heterocycles. The topological polar surface area (TPSA) is 66.5 Å². The lowest BCUT2D eigenvalue weighted by Crippen LogP contribution is -2.37. The largest absolute Gasteiger partial charge is 0.352 e. The molecule has 1 fully saturated rings. The molecule has 2 rings (SSSR count). The van der Waals surface area contributed by atoms with Crippen LogP contribution in [0, 0.1) is 0 Å². The number of nitrogens with zero attached hydrogens (tertiary/aromatic N) is 1. The number of amides is 1. The van der Waals surface area contributed by atoms with E-state index in [1.54, 1.807) is 18.2 Å². The van der Waals surface area contributed by atoms with E-state index in [0.717, 1.165) is 18.4 Å². The Morgan fingerprint density at radius 2 is 2.00 bits per heavy atom. The average Bonchev–Trinajstić information content (AvgIpc) is 3.05. The van der Waals surface area contributed by atoms with Gasteiger partial charge in [0.1, 0.15) is 0 Å². The van der Waals surface area contributed by atoms with Gasteiger partial charge in [0.25, 0.3) is 0 Å². The minimum Gasteiger partial charge on any atom is -0.352 e. The third kappa shape index (κ3) is 4.97. The molecule has 5 nitrogen and oxygen atoms in total. The van der Waals surface area contributed by atoms with E-state index >= 15 is 0 Å². The number of benzene rings is 1. The summed E-state index contributed by atoms with van der Waals surface area (Å²) in [5, 5.41) is 2.95. The van der Waals surface area contributed by atoms with Gasteiger partial charge in [-0.1, -0.05) is 25.0 Å². The van der Waals surface area contributed by atoms with Crippen LogP contribution in [0.4, 0.5) is 0 Å². The number of thioether (sulfide) groups is 1. The molecule has 1 aromatic rings. The van der Waals surface area contributed by atoms with Gasteiger partial charge in [0, 0.05) is 25.9 Å². The number of hydrogen-bond donors (Lipinski definition) is 1. The first-order valence-corrected chi connectivity index (χ1v) is 10.7. The lowest BCUT2D eigenvalue weighted by molar-refractivity contribution is -0.120. The fourth-order valence-electron chi connectivity index (χ4n) is 2.69. The second-order valence-corrected chi connectivity index (χ2v) is 9.86. The Balaban J connectivity index is 1.93. The van der Waals surface area contributed by atoms with Crippen LogP contribution in [-0.4, -0.2) is 44.0 Å². The predicted molar refractivity (Wildman–Crippen MR) is 98.5 cm³/mol. The highest BCUT2D eigenvalue weighted by Gasteiger charge is 2.21. The molecule has 1 atom stereocenters. The highest BCUT2D eigenvalue weighted by Crippen LogP contribution is 2.23. The molecule has 1 aliphatic carbocycles. The second-order valence-electron chi connectivity index (χ2n) is 6.38. The molecule has 0 aliphatic heterocycles. The van der Waals surface area contributed by atoms with Crippen LogP contribution in [0.25, 0.3) is 0 Å². The van der Waals surface area contributed by atoms with E-state index in [9.17, 15) is 13.2 Å². The van der Waals surface area contributed by atoms with Gasteiger partial charge >= 0.3 is 0 Å². The van der Waals surface area contributed by atoms with Crippen LogP contribution in [0.2, 0.25) is 0 Å². The van der Waals surface area contributed by atoms with Gasteiger partial charge in [-0.2, -0.15) is 0 Å². The van der Waals surface area contributed by atoms with E-state index < -0.39 is 10.0 Å². The number of nitrogens with one attached hydrogen (secondary N) is 1. The zero-order valence-electron chi connectivity index (χ0n) is 14.5. The molecule has 7 heteroatoms. The van der Waals surface area contributed by atoms with E-state index in [4.69, 9.17) is 0 Å². The molecule has 0 bridgehead atoms. The highest BCUT2D eigenvalue weighted by atomic mass is 32.2. The monoisotopic (exact) mass is 370 g/mol. The van der Waals surface area contributed by atoms with Gasteiger partial charge in [0.2, 0.25) is 15.9 Å². The molecule has 1 saturated carbocycles. The third-order valence-corrected chi connectivity index (χ3v) is 7.27. The summed E-state index contributed by atoms with van der Waals surface area (Å²) in [4.78, 5) is 12.5. The number of rotatable bonds is 7. The van der Waals surface area contributed by atoms with Crippen molar-refractivity contribution in [1.82, 2.24) is 9.62 Å². The zero-order valence-corrected chi connectivity index (χ0v) is 16.1. The Hall–Kier alpha value is -1.05. The maximum atomic E-state index is 12.2. The molecule has 1 N–H and O–H groups in total. The van der Waals surface area contributed by atoms with Gasteiger partial charge in [0.05, 0.1) is 10.1 Å². The highest BCUT2D eigenvalue weighted by molar-refractivity contribution is 7.99. The smallest absolute Gasteiger partial charge is 0.242 e. The van der Waals surface area contributed by atoms with Gasteiger partial charge < -0.3 is 5.32 Å². The van der Waals surface area contributed by atoms with E-state index in [1.165, 1.54) is 43.0 Å². The maximum absolute atomic E-state index is 12.2. The zero-order chi connectivity index (χ0) is 17.7. The molecule has 0 saturated heterocycles. The number of hydrogen-bond acceptors (Lipinski definition) is 4. The number of sulfonamides is 1. The van der Waals surface area contributed by atoms with Crippen molar-refractivity contribution in [2.24, 2.45) is 0 Å². The van der Waals surface area contributed by atoms with Gasteiger partial charge in [-0.05, 0) is 37.5 Å². The van der Waals surface area contributed by atoms with Crippen LogP contribution >= 0.6 is 11.8 Å². The first kappa shape index (κ1) is 19.3. The predicted octanol–water partition coefficient (Wildman–Crippen LogP) is 2.62. The molecule has 1 aliphatic rings. The summed E-state index contributed by atoms with van der Waals surface area (Å²) in [6.07, 6.45) is 4.54. The normalized spacial score (nSPS) is 17.2. The van der Waals surface area contributed by atoms with Crippen LogP contribution in [0.3, 0.4) is 0 Å². The third-order valence-electron chi connectivity index (χ3n) is 4.25. The summed E-state index contributed by atoms with van der Waals surface area (Å²) >= 11 is 1.53. The van der Waals surface area contributed by atoms with Gasteiger partial charge in [0.15, 0.2) is 0 Å². The molecule has 1 aromatic carbocycles. The molecule has 0 heterocycles. The van der Waals surface area contributed by atoms with E-state index in [1.807, 2.05) is 13.0 Å². The molecule has 0 unspecified atom stereocenters. The molecular weight excluding hydrogens is 344 g/mol. The van der Waals surface area contributed by atoms with E-state index in [-0.39, 0.29) is 16.1 Å². The van der Waals surface area contributed by atoms with Crippen LogP contribution in [0.5, 0.6) is 0 Å². The Morgan fingerprint density at radius 3 is 2.62 bits per heavy atom. The second kappa shape index (κ2) is 8.36. The van der Waals surface area contributed by atoms with Crippen molar-refractivity contribution in [3.05, 3.63) is 29.8 Å². The van der Waals surface area contributed by atoms with Crippen molar-refractivity contribution in [2.45, 2.75) is 54.5 Å². The van der Waals surface area contributed by atoms with E-state index in [0.29, 0.717) is 11.8 Å². The van der Waals surface area contributed by atoms with E-state index in [2.05, 4.69) is 5.32 Å². The molecule has 24 heavy (non-hydrogen) atoms. The number of carbonyl (C=O) groups is 1. The van der Waals surface area contributed by atoms with Gasteiger partial charge in [-0.15, -0.1) is 11.8 Å². The number of carbonyl (C=O) groups excluding carboxylic acids is 1. The summed E-state index contributed by atoms with van der Waals surface area (Å²) in [6.45, 7) is 1.90. The molecule has 1 amide bonds. The van der Waals surface area contributed by atoms with Crippen molar-refractivity contribution in [2.75, 3.05) is 14.1 Å². The van der Waals surface area contributed by atoms with Crippen LogP contribution in [-0.2, 0) is 20.6 Å². The summed E-state index contributed by atoms with van der Waals surface area (Å²) in [5.41, 5.74) is 0.906. The summed E-state index contributed by atoms with van der Waals surface area (Å²) < 4.78 is 25.6. The Labute approximate surface area is 149 Å². The molecule has 0 spiro atoms. The van der Waals surface area contributed by atoms with Crippen molar-refractivity contribution < 1.29 is 13.2 Å². The lowest BCUT2D eigenvalue weighted by atomic mass is 10.2. The SMILES string of the molecule is C[C@H](SCc1cccc(S(=O)(=O)N(C)C)c1)C(=O)NC1CCCC1. The van der Waals surface area contributed by atoms with Gasteiger partial charge in [-0.25, -0.2) is 12.7 Å². The van der Waals surface area contributed by atoms with Crippen LogP contribution < -0.4 is 5.32 Å². The lowest BCUT2D eigenvalue weighted by Gasteiger charge is -2.17. The van der Waals surface area contributed by atoms with Crippen molar-refractivity contribution in [1.29, 1.82) is 0 Å². The van der Waals surface area contributed by atoms with Crippen molar-refractivity contribution in [3.63, 3.8) is 0 Å². The van der Waals surface area contributed by atoms with Crippen LogP contribution in [0.1, 0.15) is 38.2 Å². The van der Waals surface area contributed by atoms with Crippen molar-refractivity contribution in [3.8, 4) is 0 Å². The Kier molecular flexibility index (Phi) is 6.71. The summed E-state index contributed by atoms with van der Waals surface area (Å²) in [5.74, 6) is 0.680. The van der Waals surface area contributed by atoms with Crippen molar-refractivity contribution >= 4 is 27.7 Å². The van der Waals surface area contributed by atoms with Gasteiger partial charge in [-0.3, -0.25) is 4.79 Å². The van der Waals surface area contributed by atoms with Crippen LogP contribution in [0.15, 0.2) is 29.2 Å². The minimum absolute atomic E-state index is 0.0731. The average molecular weight is 371 g/mol. The molecule has 0 radical (unpaired) electrons. The molecular formula is C17H26N2O3S2. The first-order valence-electron chi connectivity index (χ1n) is 8.24. The first-order chi connectivity index (χ1) is 11.3. The Bertz CT molecular complexity index is 668. The fraction of sp³-hybridized carbons (Fsp3) is 0.588. The summed E-state index contributed by atoms with van der Waals surface area (Å²) in [6, 6.07) is 7.25. The summed E-state index contributed by atoms with van der Waals surface area (Å²) in [7, 11) is -0.385. The maximum Gasteiger partial charge on any atom is 0.242 e.